The SMILES string of the molecule is CC1CCCN1.Cc1cc(C)c(S(=O)(=O)O)c(C)c1. The normalized spacial score (nSPS) is 18.9. The number of benzene rings is 1. The Balaban J connectivity index is 0.000000250. The van der Waals surface area contributed by atoms with Crippen LogP contribution in [-0.4, -0.2) is 25.6 Å². The molecule has 1 aliphatic heterocycles. The Bertz CT molecular complexity index is 509. The van der Waals surface area contributed by atoms with Crippen LogP contribution in [0.3, 0.4) is 0 Å². The maximum absolute atomic E-state index is 10.9. The van der Waals surface area contributed by atoms with E-state index in [4.69, 9.17) is 4.55 Å². The van der Waals surface area contributed by atoms with Crippen LogP contribution in [0.4, 0.5) is 0 Å². The van der Waals surface area contributed by atoms with Gasteiger partial charge in [0, 0.05) is 6.04 Å². The number of nitrogens with one attached hydrogen (secondary N) is 1. The molecule has 4 nitrogen and oxygen atoms in total. The lowest BCUT2D eigenvalue weighted by Gasteiger charge is -2.07. The van der Waals surface area contributed by atoms with Gasteiger partial charge in [0.2, 0.25) is 0 Å². The lowest BCUT2D eigenvalue weighted by Crippen LogP contribution is -2.16. The summed E-state index contributed by atoms with van der Waals surface area (Å²) in [5.74, 6) is 0. The molecule has 0 spiro atoms. The molecule has 0 radical (unpaired) electrons. The summed E-state index contributed by atoms with van der Waals surface area (Å²) >= 11 is 0. The molecular formula is C14H23NO3S. The van der Waals surface area contributed by atoms with Crippen molar-refractivity contribution in [2.45, 2.75) is 51.5 Å². The summed E-state index contributed by atoms with van der Waals surface area (Å²) in [6, 6.07) is 4.26. The monoisotopic (exact) mass is 285 g/mol. The molecule has 0 saturated carbocycles. The minimum absolute atomic E-state index is 0.0260. The fraction of sp³-hybridized carbons (Fsp3) is 0.571. The molecule has 0 amide bonds. The molecule has 2 N–H and O–H groups in total. The van der Waals surface area contributed by atoms with Crippen molar-refractivity contribution in [1.29, 1.82) is 0 Å². The molecule has 5 heteroatoms. The van der Waals surface area contributed by atoms with Gasteiger partial charge in [0.15, 0.2) is 0 Å². The number of hydrogen-bond acceptors (Lipinski definition) is 3. The average Bonchev–Trinajstić information content (AvgIpc) is 2.65. The van der Waals surface area contributed by atoms with E-state index in [0.717, 1.165) is 11.6 Å². The van der Waals surface area contributed by atoms with Crippen LogP contribution in [0.1, 0.15) is 36.5 Å². The van der Waals surface area contributed by atoms with Crippen LogP contribution in [0.15, 0.2) is 17.0 Å². The maximum Gasteiger partial charge on any atom is 0.295 e. The average molecular weight is 285 g/mol. The second-order valence-corrected chi connectivity index (χ2v) is 6.56. The Morgan fingerprint density at radius 1 is 1.21 bits per heavy atom. The number of rotatable bonds is 1. The van der Waals surface area contributed by atoms with Crippen LogP contribution in [0.2, 0.25) is 0 Å². The van der Waals surface area contributed by atoms with E-state index in [1.165, 1.54) is 19.4 Å². The third-order valence-corrected chi connectivity index (χ3v) is 4.33. The smallest absolute Gasteiger partial charge is 0.295 e. The van der Waals surface area contributed by atoms with E-state index in [1.807, 2.05) is 6.92 Å². The summed E-state index contributed by atoms with van der Waals surface area (Å²) < 4.78 is 30.8. The van der Waals surface area contributed by atoms with Crippen LogP contribution in [0, 0.1) is 20.8 Å². The van der Waals surface area contributed by atoms with Crippen molar-refractivity contribution in [3.63, 3.8) is 0 Å². The van der Waals surface area contributed by atoms with Crippen LogP contribution in [0.25, 0.3) is 0 Å². The molecule has 108 valence electrons. The topological polar surface area (TPSA) is 66.4 Å². The highest BCUT2D eigenvalue weighted by Crippen LogP contribution is 2.20. The minimum Gasteiger partial charge on any atom is -0.314 e. The Morgan fingerprint density at radius 2 is 1.74 bits per heavy atom. The number of hydrogen-bond donors (Lipinski definition) is 2. The molecule has 19 heavy (non-hydrogen) atoms. The van der Waals surface area contributed by atoms with E-state index in [1.54, 1.807) is 26.0 Å². The molecule has 1 saturated heterocycles. The van der Waals surface area contributed by atoms with Gasteiger partial charge in [-0.1, -0.05) is 17.7 Å². The first-order chi connectivity index (χ1) is 8.71. The Hall–Kier alpha value is -0.910. The summed E-state index contributed by atoms with van der Waals surface area (Å²) in [4.78, 5) is 0.0260. The third kappa shape index (κ3) is 4.93. The zero-order valence-corrected chi connectivity index (χ0v) is 12.8. The van der Waals surface area contributed by atoms with E-state index in [-0.39, 0.29) is 4.90 Å². The van der Waals surface area contributed by atoms with Crippen molar-refractivity contribution in [1.82, 2.24) is 5.32 Å². The van der Waals surface area contributed by atoms with Crippen molar-refractivity contribution in [2.24, 2.45) is 0 Å². The highest BCUT2D eigenvalue weighted by atomic mass is 32.2. The van der Waals surface area contributed by atoms with Crippen LogP contribution >= 0.6 is 0 Å². The summed E-state index contributed by atoms with van der Waals surface area (Å²) in [5, 5.41) is 3.32. The predicted molar refractivity (Wildman–Crippen MR) is 77.2 cm³/mol. The van der Waals surface area contributed by atoms with E-state index in [2.05, 4.69) is 12.2 Å². The minimum atomic E-state index is -4.08. The molecule has 0 aromatic heterocycles. The van der Waals surface area contributed by atoms with Gasteiger partial charge in [0.05, 0.1) is 4.90 Å². The van der Waals surface area contributed by atoms with Gasteiger partial charge in [-0.2, -0.15) is 8.42 Å². The predicted octanol–water partition coefficient (Wildman–Crippen LogP) is 2.62. The first kappa shape index (κ1) is 16.1. The highest BCUT2D eigenvalue weighted by Gasteiger charge is 2.15. The summed E-state index contributed by atoms with van der Waals surface area (Å²) in [7, 11) is -4.08. The van der Waals surface area contributed by atoms with E-state index in [0.29, 0.717) is 11.1 Å². The first-order valence-electron chi connectivity index (χ1n) is 6.50. The van der Waals surface area contributed by atoms with Gasteiger partial charge in [0.25, 0.3) is 10.1 Å². The Morgan fingerprint density at radius 3 is 2.00 bits per heavy atom. The molecule has 0 bridgehead atoms. The molecular weight excluding hydrogens is 262 g/mol. The van der Waals surface area contributed by atoms with Gasteiger partial charge in [-0.3, -0.25) is 4.55 Å². The standard InChI is InChI=1S/C9H12O3S.C5H11N/c1-6-4-7(2)9(8(3)5-6)13(10,11)12;1-5-3-2-4-6-5/h4-5H,1-3H3,(H,10,11,12);5-6H,2-4H2,1H3. The van der Waals surface area contributed by atoms with E-state index < -0.39 is 10.1 Å². The van der Waals surface area contributed by atoms with Crippen molar-refractivity contribution < 1.29 is 13.0 Å². The lowest BCUT2D eigenvalue weighted by atomic mass is 10.1. The Kier molecular flexibility index (Phi) is 5.52. The maximum atomic E-state index is 10.9. The zero-order valence-electron chi connectivity index (χ0n) is 12.0. The second kappa shape index (κ2) is 6.50. The van der Waals surface area contributed by atoms with Crippen molar-refractivity contribution in [2.75, 3.05) is 6.54 Å². The summed E-state index contributed by atoms with van der Waals surface area (Å²) in [6.07, 6.45) is 2.75. The number of aryl methyl sites for hydroxylation is 3. The van der Waals surface area contributed by atoms with Crippen LogP contribution in [0.5, 0.6) is 0 Å². The summed E-state index contributed by atoms with van der Waals surface area (Å²) in [6.45, 7) is 8.69. The van der Waals surface area contributed by atoms with Gasteiger partial charge in [-0.15, -0.1) is 0 Å². The van der Waals surface area contributed by atoms with Crippen molar-refractivity contribution in [3.8, 4) is 0 Å². The molecule has 1 aromatic rings. The first-order valence-corrected chi connectivity index (χ1v) is 7.94. The molecule has 1 heterocycles. The van der Waals surface area contributed by atoms with Crippen molar-refractivity contribution in [3.05, 3.63) is 28.8 Å². The van der Waals surface area contributed by atoms with Gasteiger partial charge >= 0.3 is 0 Å². The van der Waals surface area contributed by atoms with Gasteiger partial charge in [-0.25, -0.2) is 0 Å². The summed E-state index contributed by atoms with van der Waals surface area (Å²) in [5.41, 5.74) is 2.16. The van der Waals surface area contributed by atoms with Gasteiger partial charge < -0.3 is 5.32 Å². The second-order valence-electron chi connectivity index (χ2n) is 5.20. The van der Waals surface area contributed by atoms with Crippen LogP contribution < -0.4 is 5.32 Å². The van der Waals surface area contributed by atoms with E-state index >= 15 is 0 Å². The molecule has 2 rings (SSSR count). The molecule has 1 atom stereocenters. The molecule has 1 aromatic carbocycles. The fourth-order valence-corrected chi connectivity index (χ4v) is 3.36. The van der Waals surface area contributed by atoms with Gasteiger partial charge in [0.1, 0.15) is 0 Å². The van der Waals surface area contributed by atoms with Crippen LogP contribution in [-0.2, 0) is 10.1 Å². The molecule has 1 aliphatic rings. The third-order valence-electron chi connectivity index (χ3n) is 3.17. The van der Waals surface area contributed by atoms with Gasteiger partial charge in [-0.05, 0) is 58.2 Å². The molecule has 0 aliphatic carbocycles. The zero-order chi connectivity index (χ0) is 14.6. The van der Waals surface area contributed by atoms with Crippen molar-refractivity contribution >= 4 is 10.1 Å². The fourth-order valence-electron chi connectivity index (χ4n) is 2.43. The van der Waals surface area contributed by atoms with E-state index in [9.17, 15) is 8.42 Å². The molecule has 1 unspecified atom stereocenters. The quantitative estimate of drug-likeness (QED) is 0.778. The molecule has 1 fully saturated rings. The largest absolute Gasteiger partial charge is 0.314 e. The lowest BCUT2D eigenvalue weighted by molar-refractivity contribution is 0.482. The highest BCUT2D eigenvalue weighted by molar-refractivity contribution is 7.86. The Labute approximate surface area is 116 Å².